The minimum Gasteiger partial charge on any atom is -0.126 e. The highest BCUT2D eigenvalue weighted by molar-refractivity contribution is 6.18. The van der Waals surface area contributed by atoms with E-state index in [1.165, 1.54) is 0 Å². The molecule has 0 radical (unpaired) electrons. The van der Waals surface area contributed by atoms with Crippen molar-refractivity contribution in [3.63, 3.8) is 0 Å². The standard InChI is InChI=1S/C15H14ClN3/c16-11-14(12-7-3-1-4-8-12)15(18-19-17)13-9-5-2-6-10-13/h1-10,14-15H,11H2. The Labute approximate surface area is 117 Å². The van der Waals surface area contributed by atoms with Crippen molar-refractivity contribution in [1.29, 1.82) is 0 Å². The van der Waals surface area contributed by atoms with E-state index in [2.05, 4.69) is 10.0 Å². The zero-order valence-corrected chi connectivity index (χ0v) is 11.1. The minimum atomic E-state index is -0.286. The van der Waals surface area contributed by atoms with Crippen LogP contribution in [-0.2, 0) is 0 Å². The fraction of sp³-hybridized carbons (Fsp3) is 0.200. The Balaban J connectivity index is 2.40. The summed E-state index contributed by atoms with van der Waals surface area (Å²) in [7, 11) is 0. The fourth-order valence-corrected chi connectivity index (χ4v) is 2.49. The van der Waals surface area contributed by atoms with E-state index in [4.69, 9.17) is 17.1 Å². The lowest BCUT2D eigenvalue weighted by molar-refractivity contribution is 0.599. The Hall–Kier alpha value is -1.96. The maximum absolute atomic E-state index is 8.80. The van der Waals surface area contributed by atoms with E-state index in [-0.39, 0.29) is 12.0 Å². The first-order valence-corrected chi connectivity index (χ1v) is 6.60. The third kappa shape index (κ3) is 3.28. The fourth-order valence-electron chi connectivity index (χ4n) is 2.14. The lowest BCUT2D eigenvalue weighted by Crippen LogP contribution is -2.10. The van der Waals surface area contributed by atoms with Gasteiger partial charge in [-0.2, -0.15) is 0 Å². The highest BCUT2D eigenvalue weighted by atomic mass is 35.5. The lowest BCUT2D eigenvalue weighted by atomic mass is 9.89. The third-order valence-corrected chi connectivity index (χ3v) is 3.42. The maximum atomic E-state index is 8.80. The lowest BCUT2D eigenvalue weighted by Gasteiger charge is -2.22. The van der Waals surface area contributed by atoms with Crippen LogP contribution in [0.4, 0.5) is 0 Å². The first-order chi connectivity index (χ1) is 9.36. The molecule has 3 nitrogen and oxygen atoms in total. The average molecular weight is 272 g/mol. The Kier molecular flexibility index (Phi) is 4.85. The molecule has 2 aromatic carbocycles. The molecular formula is C15H14ClN3. The van der Waals surface area contributed by atoms with E-state index < -0.39 is 0 Å². The zero-order valence-electron chi connectivity index (χ0n) is 10.4. The molecule has 0 aliphatic carbocycles. The summed E-state index contributed by atoms with van der Waals surface area (Å²) in [5, 5.41) is 3.94. The van der Waals surface area contributed by atoms with Crippen LogP contribution < -0.4 is 0 Å². The first kappa shape index (κ1) is 13.5. The molecule has 2 atom stereocenters. The quantitative estimate of drug-likeness (QED) is 0.316. The summed E-state index contributed by atoms with van der Waals surface area (Å²) >= 11 is 6.10. The molecule has 0 amide bonds. The van der Waals surface area contributed by atoms with E-state index in [1.807, 2.05) is 60.7 Å². The molecule has 96 valence electrons. The Morgan fingerprint density at radius 2 is 1.47 bits per heavy atom. The molecule has 0 fully saturated rings. The van der Waals surface area contributed by atoms with Gasteiger partial charge in [-0.05, 0) is 16.7 Å². The number of alkyl halides is 1. The summed E-state index contributed by atoms with van der Waals surface area (Å²) in [6.07, 6.45) is 0. The Bertz CT molecular complexity index is 550. The molecule has 19 heavy (non-hydrogen) atoms. The molecular weight excluding hydrogens is 258 g/mol. The van der Waals surface area contributed by atoms with Gasteiger partial charge in [0.25, 0.3) is 0 Å². The molecule has 4 heteroatoms. The van der Waals surface area contributed by atoms with Gasteiger partial charge in [-0.1, -0.05) is 65.8 Å². The van der Waals surface area contributed by atoms with Crippen LogP contribution in [-0.4, -0.2) is 5.88 Å². The van der Waals surface area contributed by atoms with Crippen molar-refractivity contribution in [2.24, 2.45) is 5.11 Å². The van der Waals surface area contributed by atoms with Crippen molar-refractivity contribution < 1.29 is 0 Å². The summed E-state index contributed by atoms with van der Waals surface area (Å²) < 4.78 is 0. The predicted molar refractivity (Wildman–Crippen MR) is 78.2 cm³/mol. The zero-order chi connectivity index (χ0) is 13.5. The highest BCUT2D eigenvalue weighted by Gasteiger charge is 2.22. The normalized spacial score (nSPS) is 13.3. The average Bonchev–Trinajstić information content (AvgIpc) is 2.49. The van der Waals surface area contributed by atoms with Crippen LogP contribution in [0.25, 0.3) is 10.4 Å². The van der Waals surface area contributed by atoms with Crippen molar-refractivity contribution in [2.75, 3.05) is 5.88 Å². The van der Waals surface area contributed by atoms with Crippen LogP contribution in [0.15, 0.2) is 65.8 Å². The molecule has 0 saturated carbocycles. The van der Waals surface area contributed by atoms with Crippen LogP contribution in [0.3, 0.4) is 0 Å². The van der Waals surface area contributed by atoms with Crippen molar-refractivity contribution in [3.8, 4) is 0 Å². The molecule has 0 N–H and O–H groups in total. The second kappa shape index (κ2) is 6.83. The molecule has 0 heterocycles. The number of benzene rings is 2. The molecule has 2 aromatic rings. The number of rotatable bonds is 5. The highest BCUT2D eigenvalue weighted by Crippen LogP contribution is 2.35. The summed E-state index contributed by atoms with van der Waals surface area (Å²) in [5.74, 6) is 0.379. The second-order valence-corrected chi connectivity index (χ2v) is 4.54. The Morgan fingerprint density at radius 3 is 1.95 bits per heavy atom. The molecule has 0 aliphatic heterocycles. The van der Waals surface area contributed by atoms with Gasteiger partial charge in [-0.15, -0.1) is 11.6 Å². The molecule has 0 saturated heterocycles. The van der Waals surface area contributed by atoms with Gasteiger partial charge in [0.1, 0.15) is 0 Å². The van der Waals surface area contributed by atoms with Crippen LogP contribution in [0.5, 0.6) is 0 Å². The van der Waals surface area contributed by atoms with E-state index in [9.17, 15) is 0 Å². The van der Waals surface area contributed by atoms with Crippen LogP contribution in [0, 0.1) is 0 Å². The van der Waals surface area contributed by atoms with Gasteiger partial charge in [0, 0.05) is 16.7 Å². The van der Waals surface area contributed by atoms with Crippen molar-refractivity contribution in [2.45, 2.75) is 12.0 Å². The smallest absolute Gasteiger partial charge is 0.0705 e. The van der Waals surface area contributed by atoms with Gasteiger partial charge in [-0.3, -0.25) is 0 Å². The van der Waals surface area contributed by atoms with Gasteiger partial charge >= 0.3 is 0 Å². The van der Waals surface area contributed by atoms with Gasteiger partial charge in [0.2, 0.25) is 0 Å². The number of hydrogen-bond acceptors (Lipinski definition) is 1. The van der Waals surface area contributed by atoms with Crippen molar-refractivity contribution in [3.05, 3.63) is 82.2 Å². The summed E-state index contributed by atoms with van der Waals surface area (Å²) in [4.78, 5) is 2.97. The van der Waals surface area contributed by atoms with Gasteiger partial charge in [-0.25, -0.2) is 0 Å². The Morgan fingerprint density at radius 1 is 0.947 bits per heavy atom. The maximum Gasteiger partial charge on any atom is 0.0705 e. The van der Waals surface area contributed by atoms with E-state index in [0.717, 1.165) is 11.1 Å². The van der Waals surface area contributed by atoms with Crippen molar-refractivity contribution >= 4 is 11.6 Å². The summed E-state index contributed by atoms with van der Waals surface area (Å²) in [5.41, 5.74) is 10.9. The second-order valence-electron chi connectivity index (χ2n) is 4.23. The summed E-state index contributed by atoms with van der Waals surface area (Å²) in [6.45, 7) is 0. The first-order valence-electron chi connectivity index (χ1n) is 6.07. The molecule has 2 rings (SSSR count). The van der Waals surface area contributed by atoms with Gasteiger partial charge in [0.05, 0.1) is 6.04 Å². The van der Waals surface area contributed by atoms with E-state index in [1.54, 1.807) is 0 Å². The van der Waals surface area contributed by atoms with E-state index >= 15 is 0 Å². The number of azide groups is 1. The number of halogens is 1. The number of nitrogens with zero attached hydrogens (tertiary/aromatic N) is 3. The van der Waals surface area contributed by atoms with Crippen LogP contribution >= 0.6 is 11.6 Å². The van der Waals surface area contributed by atoms with E-state index in [0.29, 0.717) is 5.88 Å². The number of hydrogen-bond donors (Lipinski definition) is 0. The third-order valence-electron chi connectivity index (χ3n) is 3.09. The minimum absolute atomic E-state index is 0.0267. The van der Waals surface area contributed by atoms with Crippen LogP contribution in [0.2, 0.25) is 0 Å². The molecule has 0 aromatic heterocycles. The molecule has 2 unspecified atom stereocenters. The molecule has 0 aliphatic rings. The SMILES string of the molecule is [N-]=[N+]=NC(c1ccccc1)C(CCl)c1ccccc1. The monoisotopic (exact) mass is 271 g/mol. The van der Waals surface area contributed by atoms with Crippen molar-refractivity contribution in [1.82, 2.24) is 0 Å². The van der Waals surface area contributed by atoms with Gasteiger partial charge in [0.15, 0.2) is 0 Å². The molecule has 0 spiro atoms. The molecule has 0 bridgehead atoms. The van der Waals surface area contributed by atoms with Crippen LogP contribution in [0.1, 0.15) is 23.1 Å². The topological polar surface area (TPSA) is 48.8 Å². The largest absolute Gasteiger partial charge is 0.126 e. The van der Waals surface area contributed by atoms with Gasteiger partial charge < -0.3 is 0 Å². The predicted octanol–water partition coefficient (Wildman–Crippen LogP) is 5.06. The summed E-state index contributed by atoms with van der Waals surface area (Å²) in [6, 6.07) is 19.4.